The Balaban J connectivity index is 1.94. The van der Waals surface area contributed by atoms with Gasteiger partial charge in [-0.1, -0.05) is 11.6 Å². The maximum atomic E-state index is 12.0. The molecule has 2 aliphatic carbocycles. The molecule has 0 bridgehead atoms. The van der Waals surface area contributed by atoms with Crippen LogP contribution in [-0.2, 0) is 4.74 Å². The smallest absolute Gasteiger partial charge is 0.110 e. The predicted octanol–water partition coefficient (Wildman–Crippen LogP) is 1.67. The van der Waals surface area contributed by atoms with Gasteiger partial charge in [-0.25, -0.2) is 0 Å². The van der Waals surface area contributed by atoms with Crippen molar-refractivity contribution >= 4 is 0 Å². The summed E-state index contributed by atoms with van der Waals surface area (Å²) in [6.07, 6.45) is 8.57. The molecule has 0 aromatic heterocycles. The number of aliphatic hydroxyl groups is 1. The number of quaternary nitrogens is 2. The van der Waals surface area contributed by atoms with Crippen LogP contribution in [0.15, 0.2) is 11.6 Å². The fraction of sp³-hybridized carbons (Fsp3) is 0.818. The number of hydrogen-bond donors (Lipinski definition) is 3. The van der Waals surface area contributed by atoms with Crippen molar-refractivity contribution in [1.82, 2.24) is 0 Å². The topological polar surface area (TPSA) is 62.7 Å². The van der Waals surface area contributed by atoms with Crippen molar-refractivity contribution in [3.63, 3.8) is 0 Å². The standard InChI is InChI=1S/C22H40N2O2/c1-15-8-9-16-20(4,24-7)12-10-17(22(16,25)14-15)21(5)13-11-18(26-21)19(2,3)23-6/h14,16-18,25H,6-13,23-24H2,1-5H3/t16-,17+,18-,20-,21+,22+/m1/s1. The van der Waals surface area contributed by atoms with Gasteiger partial charge in [0.2, 0.25) is 0 Å². The number of allylic oxidation sites excluding steroid dienone is 1. The molecule has 5 N–H and O–H groups in total. The van der Waals surface area contributed by atoms with Gasteiger partial charge in [0.15, 0.2) is 0 Å². The third-order valence-corrected chi connectivity index (χ3v) is 8.06. The largest absolute Gasteiger partial charge is 0.474 e. The van der Waals surface area contributed by atoms with Crippen molar-refractivity contribution in [2.45, 2.75) is 102 Å². The third-order valence-electron chi connectivity index (χ3n) is 8.06. The first kappa shape index (κ1) is 20.3. The van der Waals surface area contributed by atoms with Crippen molar-refractivity contribution < 1.29 is 20.5 Å². The van der Waals surface area contributed by atoms with E-state index in [1.54, 1.807) is 0 Å². The molecular weight excluding hydrogens is 324 g/mol. The van der Waals surface area contributed by atoms with Crippen LogP contribution in [0.25, 0.3) is 0 Å². The van der Waals surface area contributed by atoms with E-state index in [2.05, 4.69) is 60.1 Å². The van der Waals surface area contributed by atoms with E-state index in [9.17, 15) is 5.11 Å². The molecular formula is C22H40N2O2. The van der Waals surface area contributed by atoms with Crippen LogP contribution >= 0.6 is 0 Å². The van der Waals surface area contributed by atoms with Gasteiger partial charge in [0.05, 0.1) is 22.3 Å². The highest BCUT2D eigenvalue weighted by molar-refractivity contribution is 5.25. The predicted molar refractivity (Wildman–Crippen MR) is 104 cm³/mol. The average molecular weight is 365 g/mol. The Labute approximate surface area is 160 Å². The Bertz CT molecular complexity index is 574. The van der Waals surface area contributed by atoms with Crippen molar-refractivity contribution in [2.24, 2.45) is 11.8 Å². The lowest BCUT2D eigenvalue weighted by molar-refractivity contribution is -0.689. The quantitative estimate of drug-likeness (QED) is 0.525. The van der Waals surface area contributed by atoms with Gasteiger partial charge in [-0.2, -0.15) is 14.1 Å². The Hall–Kier alpha value is -0.420. The van der Waals surface area contributed by atoms with Gasteiger partial charge < -0.3 is 20.5 Å². The van der Waals surface area contributed by atoms with Crippen LogP contribution in [0.3, 0.4) is 0 Å². The summed E-state index contributed by atoms with van der Waals surface area (Å²) in [5.74, 6) is 0.357. The van der Waals surface area contributed by atoms with E-state index in [-0.39, 0.29) is 34.6 Å². The molecule has 2 fully saturated rings. The zero-order valence-corrected chi connectivity index (χ0v) is 17.5. The van der Waals surface area contributed by atoms with E-state index in [1.807, 2.05) is 5.32 Å². The molecule has 0 aromatic rings. The Morgan fingerprint density at radius 3 is 2.46 bits per heavy atom. The van der Waals surface area contributed by atoms with Gasteiger partial charge in [-0.05, 0) is 66.7 Å². The first-order valence-corrected chi connectivity index (χ1v) is 10.4. The van der Waals surface area contributed by atoms with E-state index >= 15 is 0 Å². The zero-order chi connectivity index (χ0) is 19.4. The monoisotopic (exact) mass is 364 g/mol. The first-order valence-electron chi connectivity index (χ1n) is 10.4. The van der Waals surface area contributed by atoms with Crippen LogP contribution in [-0.4, -0.2) is 33.5 Å². The van der Waals surface area contributed by atoms with Crippen molar-refractivity contribution in [2.75, 3.05) is 0 Å². The zero-order valence-electron chi connectivity index (χ0n) is 17.5. The highest BCUT2D eigenvalue weighted by Gasteiger charge is 2.62. The highest BCUT2D eigenvalue weighted by atomic mass is 16.5. The number of ether oxygens (including phenoxy) is 1. The molecule has 0 amide bonds. The molecule has 150 valence electrons. The summed E-state index contributed by atoms with van der Waals surface area (Å²) >= 11 is 0. The Morgan fingerprint density at radius 1 is 1.15 bits per heavy atom. The van der Waals surface area contributed by atoms with Crippen molar-refractivity contribution in [3.8, 4) is 0 Å². The molecule has 6 atom stereocenters. The molecule has 26 heavy (non-hydrogen) atoms. The van der Waals surface area contributed by atoms with Crippen molar-refractivity contribution in [3.05, 3.63) is 25.7 Å². The minimum absolute atomic E-state index is 0.00277. The molecule has 4 heteroatoms. The van der Waals surface area contributed by atoms with Crippen LogP contribution < -0.4 is 10.6 Å². The van der Waals surface area contributed by atoms with E-state index < -0.39 is 5.60 Å². The summed E-state index contributed by atoms with van der Waals surface area (Å²) in [5, 5.41) is 16.1. The summed E-state index contributed by atoms with van der Waals surface area (Å²) in [4.78, 5) is 0. The molecule has 1 saturated carbocycles. The number of hydrogen-bond acceptors (Lipinski definition) is 2. The molecule has 1 aliphatic heterocycles. The van der Waals surface area contributed by atoms with Gasteiger partial charge in [-0.15, -0.1) is 0 Å². The Morgan fingerprint density at radius 2 is 1.85 bits per heavy atom. The van der Waals surface area contributed by atoms with Gasteiger partial charge in [0, 0.05) is 18.3 Å². The van der Waals surface area contributed by atoms with Crippen LogP contribution in [0.5, 0.6) is 0 Å². The second-order valence-electron chi connectivity index (χ2n) is 10.3. The SMILES string of the molecule is [CH2-][NH2+]C(C)(C)[C@H]1CC[C@@](C)([C@@H]2CC[C@@](C)([NH2+][CH2-])[C@H]3CCC(C)=C[C@@]23O)O1. The second-order valence-corrected chi connectivity index (χ2v) is 10.3. The fourth-order valence-corrected chi connectivity index (χ4v) is 6.04. The fourth-order valence-electron chi connectivity index (χ4n) is 6.04. The lowest BCUT2D eigenvalue weighted by Gasteiger charge is -2.58. The van der Waals surface area contributed by atoms with Crippen LogP contribution in [0.2, 0.25) is 0 Å². The second kappa shape index (κ2) is 6.58. The van der Waals surface area contributed by atoms with Gasteiger partial charge in [0.25, 0.3) is 0 Å². The van der Waals surface area contributed by atoms with Gasteiger partial charge >= 0.3 is 0 Å². The van der Waals surface area contributed by atoms with Crippen molar-refractivity contribution in [1.29, 1.82) is 0 Å². The number of fused-ring (bicyclic) bond motifs is 1. The summed E-state index contributed by atoms with van der Waals surface area (Å²) in [7, 11) is 8.12. The molecule has 0 radical (unpaired) electrons. The molecule has 3 aliphatic rings. The van der Waals surface area contributed by atoms with E-state index in [0.29, 0.717) is 0 Å². The van der Waals surface area contributed by atoms with E-state index in [1.165, 1.54) is 5.57 Å². The molecule has 4 nitrogen and oxygen atoms in total. The average Bonchev–Trinajstić information content (AvgIpc) is 2.98. The minimum Gasteiger partial charge on any atom is -0.474 e. The summed E-state index contributed by atoms with van der Waals surface area (Å²) < 4.78 is 6.71. The molecule has 0 unspecified atom stereocenters. The normalized spacial score (nSPS) is 46.8. The number of rotatable bonds is 4. The van der Waals surface area contributed by atoms with E-state index in [4.69, 9.17) is 4.74 Å². The molecule has 1 saturated heterocycles. The molecule has 0 aromatic carbocycles. The van der Waals surface area contributed by atoms with Gasteiger partial charge in [-0.3, -0.25) is 0 Å². The van der Waals surface area contributed by atoms with Crippen LogP contribution in [0.4, 0.5) is 0 Å². The molecule has 1 heterocycles. The summed E-state index contributed by atoms with van der Waals surface area (Å²) in [5.41, 5.74) is 0.186. The summed E-state index contributed by atoms with van der Waals surface area (Å²) in [6.45, 7) is 11.1. The lowest BCUT2D eigenvalue weighted by atomic mass is 9.53. The lowest BCUT2D eigenvalue weighted by Crippen LogP contribution is -2.95. The maximum absolute atomic E-state index is 12.0. The number of nitrogens with two attached hydrogens (primary N) is 2. The highest BCUT2D eigenvalue weighted by Crippen LogP contribution is 2.55. The van der Waals surface area contributed by atoms with Gasteiger partial charge in [0.1, 0.15) is 6.10 Å². The summed E-state index contributed by atoms with van der Waals surface area (Å²) in [6, 6.07) is 0. The maximum Gasteiger partial charge on any atom is 0.110 e. The molecule has 3 rings (SSSR count). The minimum atomic E-state index is -0.800. The third kappa shape index (κ3) is 3.07. The molecule has 0 spiro atoms. The van der Waals surface area contributed by atoms with E-state index in [0.717, 1.165) is 38.5 Å². The van der Waals surface area contributed by atoms with Crippen LogP contribution in [0.1, 0.15) is 73.1 Å². The van der Waals surface area contributed by atoms with Crippen LogP contribution in [0, 0.1) is 25.9 Å². The first-order chi connectivity index (χ1) is 12.0. The Kier molecular flexibility index (Phi) is 5.14.